The van der Waals surface area contributed by atoms with Crippen LogP contribution in [0, 0.1) is 5.92 Å². The number of rotatable bonds is 10. The maximum Gasteiger partial charge on any atom is 0.116 e. The lowest BCUT2D eigenvalue weighted by Gasteiger charge is -2.33. The van der Waals surface area contributed by atoms with E-state index in [0.717, 1.165) is 32.1 Å². The summed E-state index contributed by atoms with van der Waals surface area (Å²) in [7, 11) is 0. The van der Waals surface area contributed by atoms with Crippen LogP contribution in [0.15, 0.2) is 0 Å². The molecule has 0 fully saturated rings. The van der Waals surface area contributed by atoms with E-state index < -0.39 is 5.72 Å². The van der Waals surface area contributed by atoms with E-state index in [2.05, 4.69) is 20.8 Å². The van der Waals surface area contributed by atoms with Gasteiger partial charge in [0.05, 0.1) is 0 Å². The van der Waals surface area contributed by atoms with E-state index in [9.17, 15) is 5.11 Å². The minimum absolute atomic E-state index is 0. The van der Waals surface area contributed by atoms with E-state index in [1.54, 1.807) is 0 Å². The van der Waals surface area contributed by atoms with Crippen LogP contribution in [0.5, 0.6) is 0 Å². The van der Waals surface area contributed by atoms with Crippen LogP contribution in [0.3, 0.4) is 0 Å². The Bertz CT molecular complexity index is 152. The fourth-order valence-corrected chi connectivity index (χ4v) is 2.21. The molecule has 1 unspecified atom stereocenters. The number of unbranched alkanes of at least 4 members (excludes halogenated alkanes) is 3. The van der Waals surface area contributed by atoms with E-state index in [0.29, 0.717) is 5.92 Å². The number of nitrogens with two attached hydrogens (primary N) is 1. The summed E-state index contributed by atoms with van der Waals surface area (Å²) in [5.74, 6) is 0.291. The van der Waals surface area contributed by atoms with Gasteiger partial charge in [0.25, 0.3) is 0 Å². The Kier molecular flexibility index (Phi) is 12.4. The minimum atomic E-state index is -0.930. The lowest BCUT2D eigenvalue weighted by molar-refractivity contribution is -0.0307. The van der Waals surface area contributed by atoms with Gasteiger partial charge in [0.15, 0.2) is 0 Å². The molecule has 0 amide bonds. The second kappa shape index (κ2) is 11.0. The van der Waals surface area contributed by atoms with Gasteiger partial charge in [-0.05, 0) is 25.7 Å². The molecule has 5 N–H and O–H groups in total. The van der Waals surface area contributed by atoms with Crippen molar-refractivity contribution < 1.29 is 10.6 Å². The Labute approximate surface area is 107 Å². The molecule has 3 nitrogen and oxygen atoms in total. The molecule has 0 aliphatic heterocycles. The van der Waals surface area contributed by atoms with Gasteiger partial charge in [0.2, 0.25) is 0 Å². The number of aliphatic hydroxyl groups is 1. The SMILES string of the molecule is CCCCC(CCCC)C(N)(O)CCCC.O. The maximum atomic E-state index is 10.3. The molecule has 0 saturated heterocycles. The zero-order valence-corrected chi connectivity index (χ0v) is 12.0. The van der Waals surface area contributed by atoms with E-state index in [4.69, 9.17) is 5.73 Å². The van der Waals surface area contributed by atoms with Crippen molar-refractivity contribution in [2.24, 2.45) is 11.7 Å². The van der Waals surface area contributed by atoms with Gasteiger partial charge in [0.1, 0.15) is 5.72 Å². The molecule has 106 valence electrons. The summed E-state index contributed by atoms with van der Waals surface area (Å²) in [5, 5.41) is 10.3. The summed E-state index contributed by atoms with van der Waals surface area (Å²) in [6, 6.07) is 0. The highest BCUT2D eigenvalue weighted by Crippen LogP contribution is 2.28. The Hall–Kier alpha value is -0.120. The van der Waals surface area contributed by atoms with Crippen molar-refractivity contribution in [3.63, 3.8) is 0 Å². The third-order valence-electron chi connectivity index (χ3n) is 3.45. The van der Waals surface area contributed by atoms with Gasteiger partial charge >= 0.3 is 0 Å². The highest BCUT2D eigenvalue weighted by molar-refractivity contribution is 4.80. The molecule has 0 aromatic heterocycles. The third kappa shape index (κ3) is 8.58. The Balaban J connectivity index is 0. The number of hydrogen-bond donors (Lipinski definition) is 2. The molecule has 0 heterocycles. The molecule has 3 heteroatoms. The molecule has 0 aliphatic rings. The van der Waals surface area contributed by atoms with Crippen LogP contribution in [0.1, 0.15) is 78.6 Å². The second-order valence-corrected chi connectivity index (χ2v) is 5.08. The molecule has 17 heavy (non-hydrogen) atoms. The molecule has 1 atom stereocenters. The Morgan fingerprint density at radius 1 is 0.941 bits per heavy atom. The Morgan fingerprint density at radius 3 is 1.71 bits per heavy atom. The van der Waals surface area contributed by atoms with Crippen molar-refractivity contribution in [3.8, 4) is 0 Å². The van der Waals surface area contributed by atoms with Crippen molar-refractivity contribution >= 4 is 0 Å². The first kappa shape index (κ1) is 19.2. The molecule has 0 aliphatic carbocycles. The van der Waals surface area contributed by atoms with Crippen molar-refractivity contribution in [1.29, 1.82) is 0 Å². The molecular formula is C14H33NO2. The first-order valence-electron chi connectivity index (χ1n) is 7.09. The fourth-order valence-electron chi connectivity index (χ4n) is 2.21. The predicted octanol–water partition coefficient (Wildman–Crippen LogP) is 3.00. The summed E-state index contributed by atoms with van der Waals surface area (Å²) < 4.78 is 0. The van der Waals surface area contributed by atoms with Gasteiger partial charge in [-0.15, -0.1) is 0 Å². The van der Waals surface area contributed by atoms with Gasteiger partial charge in [-0.1, -0.05) is 52.9 Å². The number of hydrogen-bond acceptors (Lipinski definition) is 2. The van der Waals surface area contributed by atoms with Crippen LogP contribution in [-0.4, -0.2) is 16.3 Å². The fraction of sp³-hybridized carbons (Fsp3) is 1.00. The molecule has 0 radical (unpaired) electrons. The molecular weight excluding hydrogens is 214 g/mol. The summed E-state index contributed by atoms with van der Waals surface area (Å²) in [6.07, 6.45) is 9.77. The van der Waals surface area contributed by atoms with Gasteiger partial charge in [0, 0.05) is 5.92 Å². The third-order valence-corrected chi connectivity index (χ3v) is 3.45. The van der Waals surface area contributed by atoms with Gasteiger partial charge in [-0.3, -0.25) is 0 Å². The molecule has 0 aromatic carbocycles. The quantitative estimate of drug-likeness (QED) is 0.582. The average Bonchev–Trinajstić information content (AvgIpc) is 2.26. The summed E-state index contributed by atoms with van der Waals surface area (Å²) in [5.41, 5.74) is 5.15. The minimum Gasteiger partial charge on any atom is -0.412 e. The van der Waals surface area contributed by atoms with Crippen LogP contribution in [0.2, 0.25) is 0 Å². The molecule has 0 rings (SSSR count). The second-order valence-electron chi connectivity index (χ2n) is 5.08. The van der Waals surface area contributed by atoms with Crippen LogP contribution < -0.4 is 5.73 Å². The first-order chi connectivity index (χ1) is 7.58. The van der Waals surface area contributed by atoms with Crippen molar-refractivity contribution in [3.05, 3.63) is 0 Å². The largest absolute Gasteiger partial charge is 0.412 e. The summed E-state index contributed by atoms with van der Waals surface area (Å²) in [4.78, 5) is 0. The average molecular weight is 247 g/mol. The molecule has 0 saturated carbocycles. The summed E-state index contributed by atoms with van der Waals surface area (Å²) in [6.45, 7) is 6.53. The highest BCUT2D eigenvalue weighted by atomic mass is 16.3. The zero-order chi connectivity index (χ0) is 12.4. The van der Waals surface area contributed by atoms with E-state index in [1.165, 1.54) is 25.7 Å². The van der Waals surface area contributed by atoms with E-state index in [1.807, 2.05) is 0 Å². The normalized spacial score (nSPS) is 14.5. The van der Waals surface area contributed by atoms with Crippen molar-refractivity contribution in [2.75, 3.05) is 0 Å². The van der Waals surface area contributed by atoms with Gasteiger partial charge < -0.3 is 16.3 Å². The predicted molar refractivity (Wildman–Crippen MR) is 74.8 cm³/mol. The smallest absolute Gasteiger partial charge is 0.116 e. The van der Waals surface area contributed by atoms with Gasteiger partial charge in [-0.25, -0.2) is 0 Å². The van der Waals surface area contributed by atoms with Crippen LogP contribution >= 0.6 is 0 Å². The van der Waals surface area contributed by atoms with Crippen molar-refractivity contribution in [1.82, 2.24) is 0 Å². The Morgan fingerprint density at radius 2 is 1.35 bits per heavy atom. The lowest BCUT2D eigenvalue weighted by Crippen LogP contribution is -2.47. The zero-order valence-electron chi connectivity index (χ0n) is 12.0. The van der Waals surface area contributed by atoms with Crippen LogP contribution in [0.4, 0.5) is 0 Å². The molecule has 0 spiro atoms. The highest BCUT2D eigenvalue weighted by Gasteiger charge is 2.30. The topological polar surface area (TPSA) is 77.8 Å². The van der Waals surface area contributed by atoms with Crippen LogP contribution in [0.25, 0.3) is 0 Å². The molecule has 0 bridgehead atoms. The van der Waals surface area contributed by atoms with E-state index in [-0.39, 0.29) is 5.48 Å². The van der Waals surface area contributed by atoms with E-state index >= 15 is 0 Å². The first-order valence-corrected chi connectivity index (χ1v) is 7.09. The van der Waals surface area contributed by atoms with Crippen LogP contribution in [-0.2, 0) is 0 Å². The lowest BCUT2D eigenvalue weighted by atomic mass is 9.84. The maximum absolute atomic E-state index is 10.3. The monoisotopic (exact) mass is 247 g/mol. The van der Waals surface area contributed by atoms with Crippen molar-refractivity contribution in [2.45, 2.75) is 84.3 Å². The standard InChI is InChI=1S/C14H31NO.H2O/c1-4-7-10-13(11-8-5-2)14(15,16)12-9-6-3;/h13,16H,4-12,15H2,1-3H3;1H2. The molecule has 0 aromatic rings. The summed E-state index contributed by atoms with van der Waals surface area (Å²) >= 11 is 0. The van der Waals surface area contributed by atoms with Gasteiger partial charge in [-0.2, -0.15) is 0 Å².